The average Bonchev–Trinajstić information content (AvgIpc) is 3.15. The first-order valence-corrected chi connectivity index (χ1v) is 8.66. The average molecular weight is 340 g/mol. The molecule has 2 amide bonds. The highest BCUT2D eigenvalue weighted by atomic mass is 16.2. The van der Waals surface area contributed by atoms with Crippen LogP contribution in [0.5, 0.6) is 0 Å². The summed E-state index contributed by atoms with van der Waals surface area (Å²) in [6.07, 6.45) is 3.17. The number of benzene rings is 1. The number of para-hydroxylation sites is 1. The standard InChI is InChI=1S/C19H24N4O2/c1-5-12(2)23-13(3)16(11-20-23)21-19(25)18-10-15-8-6-7-9-17(15)22(18)14(4)24/h6-9,11-12,18H,5,10H2,1-4H3,(H,21,25)/t12?,18-/m0/s1. The third kappa shape index (κ3) is 3.04. The van der Waals surface area contributed by atoms with Gasteiger partial charge in [-0.15, -0.1) is 0 Å². The van der Waals surface area contributed by atoms with Crippen LogP contribution in [0.4, 0.5) is 11.4 Å². The molecule has 0 aliphatic carbocycles. The van der Waals surface area contributed by atoms with Crippen molar-refractivity contribution in [2.24, 2.45) is 0 Å². The fourth-order valence-corrected chi connectivity index (χ4v) is 3.36. The molecule has 1 aromatic carbocycles. The zero-order chi connectivity index (χ0) is 18.1. The van der Waals surface area contributed by atoms with Gasteiger partial charge in [0, 0.05) is 25.1 Å². The van der Waals surface area contributed by atoms with E-state index in [1.807, 2.05) is 35.9 Å². The summed E-state index contributed by atoms with van der Waals surface area (Å²) in [5, 5.41) is 7.34. The van der Waals surface area contributed by atoms with Crippen LogP contribution in [0.2, 0.25) is 0 Å². The summed E-state index contributed by atoms with van der Waals surface area (Å²) in [6.45, 7) is 7.64. The maximum atomic E-state index is 12.9. The Morgan fingerprint density at radius 2 is 2.08 bits per heavy atom. The number of nitrogens with zero attached hydrogens (tertiary/aromatic N) is 3. The first-order chi connectivity index (χ1) is 11.9. The highest BCUT2D eigenvalue weighted by Gasteiger charge is 2.37. The molecule has 1 unspecified atom stereocenters. The zero-order valence-corrected chi connectivity index (χ0v) is 15.1. The maximum absolute atomic E-state index is 12.9. The number of hydrogen-bond acceptors (Lipinski definition) is 3. The van der Waals surface area contributed by atoms with E-state index in [-0.39, 0.29) is 17.9 Å². The zero-order valence-electron chi connectivity index (χ0n) is 15.1. The van der Waals surface area contributed by atoms with E-state index < -0.39 is 6.04 Å². The lowest BCUT2D eigenvalue weighted by Gasteiger charge is -2.23. The Bertz CT molecular complexity index is 812. The minimum atomic E-state index is -0.527. The summed E-state index contributed by atoms with van der Waals surface area (Å²) in [4.78, 5) is 26.5. The van der Waals surface area contributed by atoms with E-state index in [1.54, 1.807) is 11.1 Å². The van der Waals surface area contributed by atoms with E-state index >= 15 is 0 Å². The number of aromatic nitrogens is 2. The van der Waals surface area contributed by atoms with Gasteiger partial charge in [0.15, 0.2) is 0 Å². The largest absolute Gasteiger partial charge is 0.321 e. The van der Waals surface area contributed by atoms with E-state index in [9.17, 15) is 9.59 Å². The van der Waals surface area contributed by atoms with Crippen LogP contribution >= 0.6 is 0 Å². The molecule has 3 rings (SSSR count). The SMILES string of the molecule is CCC(C)n1ncc(NC(=O)[C@@H]2Cc3ccccc3N2C(C)=O)c1C. The van der Waals surface area contributed by atoms with E-state index in [0.29, 0.717) is 12.1 Å². The fraction of sp³-hybridized carbons (Fsp3) is 0.421. The molecular formula is C19H24N4O2. The topological polar surface area (TPSA) is 67.2 Å². The molecule has 1 aromatic heterocycles. The van der Waals surface area contributed by atoms with Gasteiger partial charge in [0.05, 0.1) is 17.6 Å². The highest BCUT2D eigenvalue weighted by Crippen LogP contribution is 2.33. The Balaban J connectivity index is 1.83. The Morgan fingerprint density at radius 3 is 2.76 bits per heavy atom. The number of anilines is 2. The molecule has 6 nitrogen and oxygen atoms in total. The van der Waals surface area contributed by atoms with Crippen molar-refractivity contribution in [3.05, 3.63) is 41.7 Å². The summed E-state index contributed by atoms with van der Waals surface area (Å²) in [6, 6.07) is 7.41. The maximum Gasteiger partial charge on any atom is 0.248 e. The molecule has 2 heterocycles. The van der Waals surface area contributed by atoms with Crippen LogP contribution in [-0.2, 0) is 16.0 Å². The van der Waals surface area contributed by atoms with Gasteiger partial charge in [-0.1, -0.05) is 25.1 Å². The third-order valence-corrected chi connectivity index (χ3v) is 4.93. The summed E-state index contributed by atoms with van der Waals surface area (Å²) >= 11 is 0. The van der Waals surface area contributed by atoms with E-state index in [2.05, 4.69) is 24.3 Å². The number of carbonyl (C=O) groups excluding carboxylic acids is 2. The van der Waals surface area contributed by atoms with E-state index in [4.69, 9.17) is 0 Å². The van der Waals surface area contributed by atoms with Gasteiger partial charge in [-0.3, -0.25) is 19.2 Å². The minimum absolute atomic E-state index is 0.128. The van der Waals surface area contributed by atoms with Crippen molar-refractivity contribution in [1.29, 1.82) is 0 Å². The molecule has 2 atom stereocenters. The van der Waals surface area contributed by atoms with Gasteiger partial charge in [0.2, 0.25) is 11.8 Å². The van der Waals surface area contributed by atoms with Gasteiger partial charge in [-0.05, 0) is 31.9 Å². The molecule has 25 heavy (non-hydrogen) atoms. The monoisotopic (exact) mass is 340 g/mol. The fourth-order valence-electron chi connectivity index (χ4n) is 3.36. The van der Waals surface area contributed by atoms with Crippen molar-refractivity contribution in [3.63, 3.8) is 0 Å². The summed E-state index contributed by atoms with van der Waals surface area (Å²) in [5.74, 6) is -0.310. The number of nitrogens with one attached hydrogen (secondary N) is 1. The van der Waals surface area contributed by atoms with Crippen LogP contribution in [0.15, 0.2) is 30.5 Å². The number of fused-ring (bicyclic) bond motifs is 1. The molecule has 6 heteroatoms. The van der Waals surface area contributed by atoms with Crippen LogP contribution in [0.25, 0.3) is 0 Å². The lowest BCUT2D eigenvalue weighted by atomic mass is 10.1. The number of rotatable bonds is 4. The second kappa shape index (κ2) is 6.70. The minimum Gasteiger partial charge on any atom is -0.321 e. The highest BCUT2D eigenvalue weighted by molar-refractivity contribution is 6.06. The van der Waals surface area contributed by atoms with Crippen LogP contribution in [-0.4, -0.2) is 27.6 Å². The second-order valence-corrected chi connectivity index (χ2v) is 6.57. The van der Waals surface area contributed by atoms with Gasteiger partial charge in [-0.25, -0.2) is 0 Å². The molecule has 0 fully saturated rings. The molecule has 0 saturated carbocycles. The van der Waals surface area contributed by atoms with Crippen molar-refractivity contribution >= 4 is 23.2 Å². The molecular weight excluding hydrogens is 316 g/mol. The van der Waals surface area contributed by atoms with Crippen LogP contribution in [0.3, 0.4) is 0 Å². The second-order valence-electron chi connectivity index (χ2n) is 6.57. The predicted molar refractivity (Wildman–Crippen MR) is 97.7 cm³/mol. The Kier molecular flexibility index (Phi) is 4.61. The molecule has 0 bridgehead atoms. The van der Waals surface area contributed by atoms with Crippen LogP contribution in [0, 0.1) is 6.92 Å². The molecule has 0 radical (unpaired) electrons. The lowest BCUT2D eigenvalue weighted by molar-refractivity contribution is -0.122. The third-order valence-electron chi connectivity index (χ3n) is 4.93. The van der Waals surface area contributed by atoms with Crippen molar-refractivity contribution in [2.75, 3.05) is 10.2 Å². The van der Waals surface area contributed by atoms with Crippen LogP contribution < -0.4 is 10.2 Å². The van der Waals surface area contributed by atoms with Gasteiger partial charge in [-0.2, -0.15) is 5.10 Å². The smallest absolute Gasteiger partial charge is 0.248 e. The summed E-state index contributed by atoms with van der Waals surface area (Å²) in [7, 11) is 0. The number of amides is 2. The Hall–Kier alpha value is -2.63. The van der Waals surface area contributed by atoms with Crippen LogP contribution in [0.1, 0.15) is 44.5 Å². The molecule has 0 spiro atoms. The first kappa shape index (κ1) is 17.2. The number of hydrogen-bond donors (Lipinski definition) is 1. The molecule has 1 N–H and O–H groups in total. The summed E-state index contributed by atoms with van der Waals surface area (Å²) in [5.41, 5.74) is 3.46. The molecule has 1 aliphatic rings. The van der Waals surface area contributed by atoms with Gasteiger partial charge in [0.1, 0.15) is 6.04 Å². The number of carbonyl (C=O) groups is 2. The van der Waals surface area contributed by atoms with Gasteiger partial charge in [0.25, 0.3) is 0 Å². The van der Waals surface area contributed by atoms with Gasteiger partial charge < -0.3 is 5.32 Å². The summed E-state index contributed by atoms with van der Waals surface area (Å²) < 4.78 is 1.92. The van der Waals surface area contributed by atoms with E-state index in [0.717, 1.165) is 23.4 Å². The molecule has 2 aromatic rings. The van der Waals surface area contributed by atoms with Crippen molar-refractivity contribution in [1.82, 2.24) is 9.78 Å². The van der Waals surface area contributed by atoms with Crippen molar-refractivity contribution in [2.45, 2.75) is 52.6 Å². The normalized spacial score (nSPS) is 17.3. The van der Waals surface area contributed by atoms with Crippen molar-refractivity contribution in [3.8, 4) is 0 Å². The lowest BCUT2D eigenvalue weighted by Crippen LogP contribution is -2.44. The quantitative estimate of drug-likeness (QED) is 0.930. The Morgan fingerprint density at radius 1 is 1.36 bits per heavy atom. The van der Waals surface area contributed by atoms with Crippen molar-refractivity contribution < 1.29 is 9.59 Å². The molecule has 1 aliphatic heterocycles. The predicted octanol–water partition coefficient (Wildman–Crippen LogP) is 3.08. The van der Waals surface area contributed by atoms with Gasteiger partial charge >= 0.3 is 0 Å². The first-order valence-electron chi connectivity index (χ1n) is 8.66. The molecule has 0 saturated heterocycles. The Labute approximate surface area is 147 Å². The van der Waals surface area contributed by atoms with E-state index in [1.165, 1.54) is 6.92 Å². The molecule has 132 valence electrons.